The van der Waals surface area contributed by atoms with Crippen LogP contribution in [0.15, 0.2) is 11.6 Å². The summed E-state index contributed by atoms with van der Waals surface area (Å²) in [5, 5.41) is 11.0. The molecule has 1 N–H and O–H groups in total. The number of fused-ring (bicyclic) bond motifs is 7. The van der Waals surface area contributed by atoms with Crippen LogP contribution >= 0.6 is 0 Å². The van der Waals surface area contributed by atoms with Crippen molar-refractivity contribution in [3.05, 3.63) is 11.6 Å². The molecule has 0 spiro atoms. The number of aliphatic hydroxyl groups excluding tert-OH is 1. The molecule has 0 aromatic heterocycles. The van der Waals surface area contributed by atoms with Crippen molar-refractivity contribution in [1.82, 2.24) is 0 Å². The molecule has 0 amide bonds. The molecule has 0 aliphatic heterocycles. The van der Waals surface area contributed by atoms with Crippen LogP contribution in [0.5, 0.6) is 0 Å². The minimum absolute atomic E-state index is 0.0190. The fourth-order valence-electron chi connectivity index (χ4n) is 11.2. The van der Waals surface area contributed by atoms with Crippen molar-refractivity contribution in [1.29, 1.82) is 0 Å². The van der Waals surface area contributed by atoms with Crippen LogP contribution in [0.1, 0.15) is 120 Å². The number of hydrogen-bond donors (Lipinski definition) is 1. The maximum absolute atomic E-state index is 13.8. The van der Waals surface area contributed by atoms with Crippen LogP contribution in [0.4, 0.5) is 0 Å². The molecule has 0 saturated heterocycles. The Hall–Kier alpha value is -0.830. The van der Waals surface area contributed by atoms with Crippen LogP contribution in [-0.2, 0) is 9.53 Å². The maximum Gasteiger partial charge on any atom is 0.312 e. The zero-order valence-electron chi connectivity index (χ0n) is 24.7. The zero-order chi connectivity index (χ0) is 26.5. The highest BCUT2D eigenvalue weighted by Gasteiger charge is 2.69. The van der Waals surface area contributed by atoms with Crippen molar-refractivity contribution in [2.45, 2.75) is 132 Å². The van der Waals surface area contributed by atoms with E-state index in [1.54, 1.807) is 5.57 Å². The lowest BCUT2D eigenvalue weighted by Crippen LogP contribution is -2.65. The lowest BCUT2D eigenvalue weighted by Gasteiger charge is -2.71. The lowest BCUT2D eigenvalue weighted by molar-refractivity contribution is -0.208. The number of allylic oxidation sites excluding steroid dienone is 2. The molecule has 4 saturated carbocycles. The fourth-order valence-corrected chi connectivity index (χ4v) is 11.2. The molecular weight excluding hydrogens is 444 g/mol. The second-order valence-corrected chi connectivity index (χ2v) is 15.6. The smallest absolute Gasteiger partial charge is 0.312 e. The number of aliphatic hydroxyl groups is 1. The molecule has 3 unspecified atom stereocenters. The normalized spacial score (nSPS) is 51.8. The maximum atomic E-state index is 13.8. The summed E-state index contributed by atoms with van der Waals surface area (Å²) in [7, 11) is 0. The average molecular weight is 499 g/mol. The van der Waals surface area contributed by atoms with Gasteiger partial charge < -0.3 is 9.84 Å². The van der Waals surface area contributed by atoms with Gasteiger partial charge in [-0.3, -0.25) is 4.79 Å². The number of rotatable bonds is 2. The zero-order valence-corrected chi connectivity index (χ0v) is 24.7. The third-order valence-electron chi connectivity index (χ3n) is 13.7. The van der Waals surface area contributed by atoms with E-state index in [-0.39, 0.29) is 45.3 Å². The Morgan fingerprint density at radius 2 is 1.64 bits per heavy atom. The van der Waals surface area contributed by atoms with Gasteiger partial charge in [0.2, 0.25) is 0 Å². The molecule has 5 rings (SSSR count). The van der Waals surface area contributed by atoms with E-state index in [0.29, 0.717) is 29.6 Å². The number of hydrogen-bond acceptors (Lipinski definition) is 3. The number of carbonyl (C=O) groups is 1. The Morgan fingerprint density at radius 1 is 0.944 bits per heavy atom. The first-order valence-corrected chi connectivity index (χ1v) is 15.2. The van der Waals surface area contributed by atoms with Gasteiger partial charge in [-0.25, -0.2) is 0 Å². The van der Waals surface area contributed by atoms with Gasteiger partial charge in [-0.15, -0.1) is 0 Å². The topological polar surface area (TPSA) is 46.5 Å². The molecule has 36 heavy (non-hydrogen) atoms. The quantitative estimate of drug-likeness (QED) is 0.310. The van der Waals surface area contributed by atoms with Crippen molar-refractivity contribution in [2.24, 2.45) is 56.7 Å². The van der Waals surface area contributed by atoms with E-state index in [1.807, 2.05) is 13.8 Å². The third-order valence-corrected chi connectivity index (χ3v) is 13.7. The van der Waals surface area contributed by atoms with Gasteiger partial charge >= 0.3 is 5.97 Å². The predicted molar refractivity (Wildman–Crippen MR) is 146 cm³/mol. The van der Waals surface area contributed by atoms with E-state index in [0.717, 1.165) is 44.9 Å². The Balaban J connectivity index is 1.59. The summed E-state index contributed by atoms with van der Waals surface area (Å²) in [6.07, 6.45) is 12.3. The van der Waals surface area contributed by atoms with E-state index in [2.05, 4.69) is 54.5 Å². The highest BCUT2D eigenvalue weighted by Crippen LogP contribution is 2.75. The van der Waals surface area contributed by atoms with Gasteiger partial charge in [0, 0.05) is 0 Å². The molecule has 10 atom stereocenters. The van der Waals surface area contributed by atoms with Crippen LogP contribution < -0.4 is 0 Å². The van der Waals surface area contributed by atoms with E-state index < -0.39 is 0 Å². The molecule has 0 bridgehead atoms. The molecular formula is C33H54O3. The summed E-state index contributed by atoms with van der Waals surface area (Å²) in [5.41, 5.74) is 1.87. The molecule has 0 heterocycles. The second-order valence-electron chi connectivity index (χ2n) is 15.6. The molecule has 0 radical (unpaired) electrons. The van der Waals surface area contributed by atoms with Crippen LogP contribution in [-0.4, -0.2) is 23.3 Å². The van der Waals surface area contributed by atoms with Crippen molar-refractivity contribution >= 4 is 5.97 Å². The molecule has 204 valence electrons. The lowest BCUT2D eigenvalue weighted by atomic mass is 9.33. The first-order valence-electron chi connectivity index (χ1n) is 15.2. The minimum atomic E-state index is -0.344. The predicted octanol–water partition coefficient (Wildman–Crippen LogP) is 7.96. The Bertz CT molecular complexity index is 933. The Labute approximate surface area is 221 Å². The summed E-state index contributed by atoms with van der Waals surface area (Å²) in [4.78, 5) is 13.8. The van der Waals surface area contributed by atoms with Gasteiger partial charge in [0.1, 0.15) is 0 Å². The van der Waals surface area contributed by atoms with E-state index in [4.69, 9.17) is 4.74 Å². The molecule has 0 aromatic carbocycles. The highest BCUT2D eigenvalue weighted by atomic mass is 16.5. The van der Waals surface area contributed by atoms with Gasteiger partial charge in [0.15, 0.2) is 0 Å². The average Bonchev–Trinajstić information content (AvgIpc) is 2.79. The monoisotopic (exact) mass is 498 g/mol. The second kappa shape index (κ2) is 8.33. The summed E-state index contributed by atoms with van der Waals surface area (Å²) in [6, 6.07) is 0. The Morgan fingerprint density at radius 3 is 2.31 bits per heavy atom. The van der Waals surface area contributed by atoms with Crippen molar-refractivity contribution in [3.63, 3.8) is 0 Å². The molecule has 0 aromatic rings. The molecule has 5 aliphatic carbocycles. The minimum Gasteiger partial charge on any atom is -0.463 e. The van der Waals surface area contributed by atoms with E-state index >= 15 is 0 Å². The largest absolute Gasteiger partial charge is 0.463 e. The van der Waals surface area contributed by atoms with Crippen molar-refractivity contribution in [2.75, 3.05) is 0 Å². The van der Waals surface area contributed by atoms with Crippen LogP contribution in [0.3, 0.4) is 0 Å². The summed E-state index contributed by atoms with van der Waals surface area (Å²) in [6.45, 7) is 21.3. The first kappa shape index (κ1) is 26.8. The number of ether oxygens (including phenoxy) is 1. The van der Waals surface area contributed by atoms with E-state index in [1.165, 1.54) is 12.8 Å². The van der Waals surface area contributed by atoms with E-state index in [9.17, 15) is 9.90 Å². The SMILES string of the molecule is CC(C)OC(=O)[C@]12CC[C@@H](C)[C@H](C)C1C1=CCC3[C@@]4(C)CC[C@H](O)C(C)(C)C4CC[C@@]3(C)[C@]1(C)CC2. The number of carbonyl (C=O) groups excluding carboxylic acids is 1. The summed E-state index contributed by atoms with van der Waals surface area (Å²) in [5.74, 6) is 2.73. The van der Waals surface area contributed by atoms with Crippen LogP contribution in [0.2, 0.25) is 0 Å². The summed E-state index contributed by atoms with van der Waals surface area (Å²) < 4.78 is 6.01. The fraction of sp³-hybridized carbons (Fsp3) is 0.909. The van der Waals surface area contributed by atoms with Crippen LogP contribution in [0.25, 0.3) is 0 Å². The molecule has 4 fully saturated rings. The first-order chi connectivity index (χ1) is 16.6. The van der Waals surface area contributed by atoms with Gasteiger partial charge in [0.25, 0.3) is 0 Å². The van der Waals surface area contributed by atoms with Gasteiger partial charge in [-0.1, -0.05) is 60.1 Å². The highest BCUT2D eigenvalue weighted by molar-refractivity contribution is 5.79. The van der Waals surface area contributed by atoms with Crippen molar-refractivity contribution in [3.8, 4) is 0 Å². The van der Waals surface area contributed by atoms with Gasteiger partial charge in [0.05, 0.1) is 17.6 Å². The Kier molecular flexibility index (Phi) is 6.19. The summed E-state index contributed by atoms with van der Waals surface area (Å²) >= 11 is 0. The molecule has 5 aliphatic rings. The van der Waals surface area contributed by atoms with Gasteiger partial charge in [-0.2, -0.15) is 0 Å². The van der Waals surface area contributed by atoms with Crippen molar-refractivity contribution < 1.29 is 14.6 Å². The van der Waals surface area contributed by atoms with Crippen LogP contribution in [0, 0.1) is 56.7 Å². The number of esters is 1. The third kappa shape index (κ3) is 3.29. The molecule has 3 nitrogen and oxygen atoms in total. The standard InChI is InChI=1S/C33H54O3/c1-20(2)36-28(35)33-17-12-21(3)22(4)27(33)23-10-11-25-30(7)15-14-26(34)29(5,6)24(30)13-16-32(25,9)31(23,8)18-19-33/h10,20-22,24-27,34H,11-19H2,1-9H3/t21-,22+,24?,25?,26+,27?,30+,31-,32-,33+/m1/s1. The molecule has 3 heteroatoms. The van der Waals surface area contributed by atoms with Gasteiger partial charge in [-0.05, 0) is 123 Å².